The van der Waals surface area contributed by atoms with Gasteiger partial charge in [0.05, 0.1) is 30.6 Å². The average molecular weight is 409 g/mol. The van der Waals surface area contributed by atoms with Crippen molar-refractivity contribution in [1.82, 2.24) is 19.4 Å². The minimum absolute atomic E-state index is 0.439. The summed E-state index contributed by atoms with van der Waals surface area (Å²) in [6.07, 6.45) is 0.405. The highest BCUT2D eigenvalue weighted by Crippen LogP contribution is 2.18. The van der Waals surface area contributed by atoms with E-state index < -0.39 is 22.2 Å². The fraction of sp³-hybridized carbons (Fsp3) is 0.526. The fourth-order valence-electron chi connectivity index (χ4n) is 3.49. The van der Waals surface area contributed by atoms with Gasteiger partial charge in [0.25, 0.3) is 0 Å². The van der Waals surface area contributed by atoms with Gasteiger partial charge in [-0.15, -0.1) is 0 Å². The molecular formula is C19H28N4O4S. The van der Waals surface area contributed by atoms with Gasteiger partial charge < -0.3 is 9.84 Å². The zero-order chi connectivity index (χ0) is 20.3. The van der Waals surface area contributed by atoms with Crippen molar-refractivity contribution in [3.63, 3.8) is 0 Å². The second-order valence-corrected chi connectivity index (χ2v) is 9.18. The van der Waals surface area contributed by atoms with Gasteiger partial charge in [0, 0.05) is 25.3 Å². The highest BCUT2D eigenvalue weighted by atomic mass is 32.2. The van der Waals surface area contributed by atoms with E-state index in [9.17, 15) is 13.5 Å². The lowest BCUT2D eigenvalue weighted by atomic mass is 10.2. The van der Waals surface area contributed by atoms with Gasteiger partial charge in [0.1, 0.15) is 12.4 Å². The van der Waals surface area contributed by atoms with Crippen molar-refractivity contribution < 1.29 is 18.3 Å². The van der Waals surface area contributed by atoms with Crippen molar-refractivity contribution in [3.8, 4) is 5.75 Å². The molecule has 2 heterocycles. The monoisotopic (exact) mass is 408 g/mol. The summed E-state index contributed by atoms with van der Waals surface area (Å²) in [5.41, 5.74) is 3.20. The van der Waals surface area contributed by atoms with Gasteiger partial charge in [-0.1, -0.05) is 12.1 Å². The molecule has 154 valence electrons. The third-order valence-corrected chi connectivity index (χ3v) is 5.47. The molecule has 1 aliphatic rings. The molecule has 0 amide bonds. The molecular weight excluding hydrogens is 380 g/mol. The summed E-state index contributed by atoms with van der Waals surface area (Å²) in [5, 5.41) is 14.5. The van der Waals surface area contributed by atoms with E-state index in [0.29, 0.717) is 32.8 Å². The predicted octanol–water partition coefficient (Wildman–Crippen LogP) is 0.673. The Kier molecular flexibility index (Phi) is 6.39. The molecule has 1 aromatic heterocycles. The van der Waals surface area contributed by atoms with E-state index >= 15 is 0 Å². The number of sulfonamides is 1. The van der Waals surface area contributed by atoms with E-state index in [0.717, 1.165) is 29.0 Å². The summed E-state index contributed by atoms with van der Waals surface area (Å²) in [4.78, 5) is 2.03. The highest BCUT2D eigenvalue weighted by molar-refractivity contribution is 7.88. The molecule has 9 heteroatoms. The van der Waals surface area contributed by atoms with Crippen molar-refractivity contribution in [2.45, 2.75) is 39.1 Å². The molecule has 1 aromatic carbocycles. The van der Waals surface area contributed by atoms with Crippen molar-refractivity contribution in [2.75, 3.05) is 26.0 Å². The Morgan fingerprint density at radius 1 is 1.25 bits per heavy atom. The average Bonchev–Trinajstić information content (AvgIpc) is 3.09. The summed E-state index contributed by atoms with van der Waals surface area (Å²) in [7, 11) is -3.33. The van der Waals surface area contributed by atoms with Crippen molar-refractivity contribution in [2.24, 2.45) is 0 Å². The molecule has 1 saturated heterocycles. The molecule has 8 nitrogen and oxygen atoms in total. The van der Waals surface area contributed by atoms with Crippen LogP contribution in [0, 0.1) is 13.8 Å². The number of nitrogens with one attached hydrogen (secondary N) is 1. The van der Waals surface area contributed by atoms with Gasteiger partial charge in [-0.3, -0.25) is 9.58 Å². The minimum Gasteiger partial charge on any atom is -0.492 e. The lowest BCUT2D eigenvalue weighted by Crippen LogP contribution is -2.42. The zero-order valence-corrected chi connectivity index (χ0v) is 17.3. The highest BCUT2D eigenvalue weighted by Gasteiger charge is 2.32. The van der Waals surface area contributed by atoms with Gasteiger partial charge in [-0.2, -0.15) is 5.10 Å². The molecule has 1 fully saturated rings. The molecule has 28 heavy (non-hydrogen) atoms. The van der Waals surface area contributed by atoms with Crippen LogP contribution in [-0.2, 0) is 23.1 Å². The lowest BCUT2D eigenvalue weighted by Gasteiger charge is -2.16. The van der Waals surface area contributed by atoms with Gasteiger partial charge in [0.2, 0.25) is 10.0 Å². The molecule has 2 N–H and O–H groups in total. The summed E-state index contributed by atoms with van der Waals surface area (Å²) in [6.45, 7) is 6.80. The topological polar surface area (TPSA) is 96.7 Å². The van der Waals surface area contributed by atoms with Crippen molar-refractivity contribution in [1.29, 1.82) is 0 Å². The Labute approximate surface area is 166 Å². The molecule has 2 aromatic rings. The van der Waals surface area contributed by atoms with E-state index in [1.165, 1.54) is 0 Å². The first kappa shape index (κ1) is 20.8. The van der Waals surface area contributed by atoms with E-state index in [2.05, 4.69) is 9.82 Å². The Bertz CT molecular complexity index is 895. The van der Waals surface area contributed by atoms with Gasteiger partial charge in [-0.05, 0) is 37.6 Å². The Morgan fingerprint density at radius 2 is 1.96 bits per heavy atom. The third kappa shape index (κ3) is 5.78. The maximum atomic E-state index is 11.4. The molecule has 3 rings (SSSR count). The van der Waals surface area contributed by atoms with E-state index in [4.69, 9.17) is 4.74 Å². The first-order chi connectivity index (χ1) is 13.2. The summed E-state index contributed by atoms with van der Waals surface area (Å²) in [5.74, 6) is 0.795. The normalized spacial score (nSPS) is 20.6. The van der Waals surface area contributed by atoms with Crippen LogP contribution < -0.4 is 9.46 Å². The maximum Gasteiger partial charge on any atom is 0.209 e. The van der Waals surface area contributed by atoms with Gasteiger partial charge >= 0.3 is 0 Å². The SMILES string of the molecule is Cc1cc(C)n(CCOc2ccc(CN3C[C@@H](O)[C@H](NS(C)(=O)=O)C3)cc2)n1. The van der Waals surface area contributed by atoms with Crippen LogP contribution in [0.25, 0.3) is 0 Å². The summed E-state index contributed by atoms with van der Waals surface area (Å²) >= 11 is 0. The van der Waals surface area contributed by atoms with Crippen LogP contribution in [0.5, 0.6) is 5.75 Å². The number of rotatable bonds is 8. The molecule has 0 saturated carbocycles. The quantitative estimate of drug-likeness (QED) is 0.667. The first-order valence-electron chi connectivity index (χ1n) is 9.30. The second kappa shape index (κ2) is 8.60. The van der Waals surface area contributed by atoms with Crippen LogP contribution >= 0.6 is 0 Å². The maximum absolute atomic E-state index is 11.4. The first-order valence-corrected chi connectivity index (χ1v) is 11.2. The van der Waals surface area contributed by atoms with Crippen LogP contribution in [0.2, 0.25) is 0 Å². The van der Waals surface area contributed by atoms with Crippen molar-refractivity contribution in [3.05, 3.63) is 47.3 Å². The van der Waals surface area contributed by atoms with E-state index in [1.807, 2.05) is 53.8 Å². The fourth-order valence-corrected chi connectivity index (χ4v) is 4.27. The number of aryl methyl sites for hydroxylation is 2. The molecule has 0 bridgehead atoms. The number of ether oxygens (including phenoxy) is 1. The van der Waals surface area contributed by atoms with Crippen LogP contribution in [-0.4, -0.2) is 66.3 Å². The standard InChI is InChI=1S/C19H28N4O4S/c1-14-10-15(2)23(20-14)8-9-27-17-6-4-16(5-7-17)11-22-12-18(19(24)13-22)21-28(3,25)26/h4-7,10,18-19,21,24H,8-9,11-13H2,1-3H3/t18-,19-/m1/s1. The largest absolute Gasteiger partial charge is 0.492 e. The summed E-state index contributed by atoms with van der Waals surface area (Å²) < 4.78 is 33.0. The molecule has 0 unspecified atom stereocenters. The zero-order valence-electron chi connectivity index (χ0n) is 16.5. The van der Waals surface area contributed by atoms with Crippen LogP contribution in [0.15, 0.2) is 30.3 Å². The van der Waals surface area contributed by atoms with E-state index in [1.54, 1.807) is 0 Å². The number of nitrogens with zero attached hydrogens (tertiary/aromatic N) is 3. The number of aromatic nitrogens is 2. The Balaban J connectivity index is 1.47. The molecule has 0 aliphatic carbocycles. The number of likely N-dealkylation sites (tertiary alicyclic amines) is 1. The van der Waals surface area contributed by atoms with E-state index in [-0.39, 0.29) is 0 Å². The number of β-amino-alcohol motifs (C(OH)–C–C–N with tert-alkyl or cyclic N) is 1. The number of benzene rings is 1. The molecule has 0 spiro atoms. The number of aliphatic hydroxyl groups excluding tert-OH is 1. The van der Waals surface area contributed by atoms with Gasteiger partial charge in [0.15, 0.2) is 0 Å². The minimum atomic E-state index is -3.33. The third-order valence-electron chi connectivity index (χ3n) is 4.73. The molecule has 2 atom stereocenters. The number of hydrogen-bond acceptors (Lipinski definition) is 6. The summed E-state index contributed by atoms with van der Waals surface area (Å²) in [6, 6.07) is 9.40. The Hall–Kier alpha value is -1.94. The van der Waals surface area contributed by atoms with Gasteiger partial charge in [-0.25, -0.2) is 13.1 Å². The van der Waals surface area contributed by atoms with Crippen LogP contribution in [0.4, 0.5) is 0 Å². The number of aliphatic hydroxyl groups is 1. The lowest BCUT2D eigenvalue weighted by molar-refractivity contribution is 0.160. The predicted molar refractivity (Wildman–Crippen MR) is 107 cm³/mol. The number of hydrogen-bond donors (Lipinski definition) is 2. The Morgan fingerprint density at radius 3 is 2.57 bits per heavy atom. The second-order valence-electron chi connectivity index (χ2n) is 7.40. The molecule has 0 radical (unpaired) electrons. The molecule has 1 aliphatic heterocycles. The van der Waals surface area contributed by atoms with Crippen LogP contribution in [0.1, 0.15) is 17.0 Å². The van der Waals surface area contributed by atoms with Crippen molar-refractivity contribution >= 4 is 10.0 Å². The smallest absolute Gasteiger partial charge is 0.209 e. The van der Waals surface area contributed by atoms with Crippen LogP contribution in [0.3, 0.4) is 0 Å².